The molecule has 3 atom stereocenters. The number of halogens is 1. The number of nitrogens with zero attached hydrogens (tertiary/aromatic N) is 2. The van der Waals surface area contributed by atoms with Gasteiger partial charge in [-0.2, -0.15) is 0 Å². The van der Waals surface area contributed by atoms with E-state index in [-0.39, 0.29) is 23.3 Å². The Morgan fingerprint density at radius 3 is 2.73 bits per heavy atom. The van der Waals surface area contributed by atoms with Crippen LogP contribution in [0.2, 0.25) is 0 Å². The number of alkyl carbamates (subject to hydrolysis) is 1. The van der Waals surface area contributed by atoms with Crippen LogP contribution < -0.4 is 5.32 Å². The van der Waals surface area contributed by atoms with Crippen LogP contribution in [0.15, 0.2) is 23.2 Å². The van der Waals surface area contributed by atoms with E-state index in [0.29, 0.717) is 28.7 Å². The van der Waals surface area contributed by atoms with Crippen LogP contribution in [0.1, 0.15) is 39.2 Å². The zero-order valence-electron chi connectivity index (χ0n) is 17.7. The van der Waals surface area contributed by atoms with Gasteiger partial charge in [-0.25, -0.2) is 14.0 Å². The summed E-state index contributed by atoms with van der Waals surface area (Å²) in [5.74, 6) is -0.0244. The van der Waals surface area contributed by atoms with Crippen LogP contribution in [0.25, 0.3) is 0 Å². The van der Waals surface area contributed by atoms with E-state index in [1.807, 2.05) is 0 Å². The first-order valence-electron chi connectivity index (χ1n) is 9.66. The van der Waals surface area contributed by atoms with Gasteiger partial charge in [-0.15, -0.1) is 0 Å². The number of ether oxygens (including phenoxy) is 2. The number of thioether (sulfide) groups is 1. The molecule has 30 heavy (non-hydrogen) atoms. The lowest BCUT2D eigenvalue weighted by Crippen LogP contribution is -2.44. The average molecular weight is 441 g/mol. The van der Waals surface area contributed by atoms with Crippen molar-refractivity contribution in [2.45, 2.75) is 50.9 Å². The van der Waals surface area contributed by atoms with Gasteiger partial charge in [0, 0.05) is 36.5 Å². The van der Waals surface area contributed by atoms with E-state index in [1.54, 1.807) is 27.9 Å². The Labute approximate surface area is 179 Å². The number of rotatable bonds is 4. The minimum atomic E-state index is -0.967. The fourth-order valence-corrected chi connectivity index (χ4v) is 5.23. The van der Waals surface area contributed by atoms with E-state index in [9.17, 15) is 9.70 Å². The summed E-state index contributed by atoms with van der Waals surface area (Å²) < 4.78 is 26.0. The quantitative estimate of drug-likeness (QED) is 0.711. The molecule has 0 spiro atoms. The second-order valence-corrected chi connectivity index (χ2v) is 9.31. The molecular weight excluding hydrogens is 413 g/mol. The topological polar surface area (TPSA) is 89.2 Å². The number of hydrogen-bond donors (Lipinski definition) is 1. The second-order valence-electron chi connectivity index (χ2n) is 8.30. The lowest BCUT2D eigenvalue weighted by Gasteiger charge is -2.38. The van der Waals surface area contributed by atoms with Crippen molar-refractivity contribution in [2.75, 3.05) is 20.0 Å². The van der Waals surface area contributed by atoms with E-state index in [4.69, 9.17) is 19.3 Å². The molecule has 164 valence electrons. The van der Waals surface area contributed by atoms with Crippen molar-refractivity contribution in [1.82, 2.24) is 5.32 Å². The highest BCUT2D eigenvalue weighted by atomic mass is 32.2. The van der Waals surface area contributed by atoms with Crippen molar-refractivity contribution in [3.63, 3.8) is 0 Å². The Bertz CT molecular complexity index is 872. The molecule has 1 aromatic carbocycles. The van der Waals surface area contributed by atoms with Crippen LogP contribution in [0.3, 0.4) is 0 Å². The molecular formula is C20H27FN3O5S+. The first-order chi connectivity index (χ1) is 14.1. The van der Waals surface area contributed by atoms with Gasteiger partial charge >= 0.3 is 11.8 Å². The number of amides is 1. The second kappa shape index (κ2) is 8.50. The molecule has 0 radical (unpaired) electrons. The van der Waals surface area contributed by atoms with Gasteiger partial charge in [0.05, 0.1) is 16.5 Å². The molecule has 1 aliphatic carbocycles. The van der Waals surface area contributed by atoms with Gasteiger partial charge in [-0.1, -0.05) is 11.8 Å². The number of aliphatic imine (C=N–C) groups is 1. The monoisotopic (exact) mass is 440 g/mol. The van der Waals surface area contributed by atoms with E-state index in [2.05, 4.69) is 5.32 Å². The van der Waals surface area contributed by atoms with Crippen molar-refractivity contribution in [2.24, 2.45) is 10.9 Å². The third kappa shape index (κ3) is 4.44. The van der Waals surface area contributed by atoms with Crippen LogP contribution >= 0.6 is 11.8 Å². The van der Waals surface area contributed by atoms with Gasteiger partial charge in [-0.3, -0.25) is 10.3 Å². The van der Waals surface area contributed by atoms with Gasteiger partial charge in [-0.05, 0) is 39.7 Å². The Kier molecular flexibility index (Phi) is 6.37. The van der Waals surface area contributed by atoms with Crippen LogP contribution in [0.4, 0.5) is 14.9 Å². The van der Waals surface area contributed by atoms with Crippen molar-refractivity contribution in [3.05, 3.63) is 34.5 Å². The molecule has 0 saturated heterocycles. The van der Waals surface area contributed by atoms with E-state index in [0.717, 1.165) is 0 Å². The average Bonchev–Trinajstić information content (AvgIpc) is 3.05. The molecule has 1 heterocycles. The third-order valence-corrected chi connectivity index (χ3v) is 6.27. The van der Waals surface area contributed by atoms with E-state index >= 15 is 4.39 Å². The maximum atomic E-state index is 15.0. The smallest absolute Gasteiger partial charge is 0.413 e. The first-order valence-corrected chi connectivity index (χ1v) is 10.6. The predicted molar refractivity (Wildman–Crippen MR) is 111 cm³/mol. The van der Waals surface area contributed by atoms with Crippen molar-refractivity contribution in [3.8, 4) is 0 Å². The van der Waals surface area contributed by atoms with Crippen LogP contribution in [-0.2, 0) is 19.9 Å². The SMILES string of the molecule is CO[C@H]1CC[C@]2(c3cc([N+](=O)OC)ccc3F)N=C(NC(=O)OC(C)(C)C)SCC12. The molecule has 1 fully saturated rings. The number of carbonyl (C=O) groups excluding carboxylic acids is 1. The van der Waals surface area contributed by atoms with Crippen molar-refractivity contribution >= 4 is 28.7 Å². The summed E-state index contributed by atoms with van der Waals surface area (Å²) in [6, 6.07) is 4.05. The molecule has 0 bridgehead atoms. The zero-order chi connectivity index (χ0) is 22.1. The summed E-state index contributed by atoms with van der Waals surface area (Å²) in [5, 5.41) is 3.03. The van der Waals surface area contributed by atoms with Gasteiger partial charge in [0.25, 0.3) is 4.92 Å². The largest absolute Gasteiger partial charge is 0.444 e. The lowest BCUT2D eigenvalue weighted by atomic mass is 9.80. The lowest BCUT2D eigenvalue weighted by molar-refractivity contribution is -0.736. The number of hydrogen-bond acceptors (Lipinski definition) is 7. The molecule has 1 saturated carbocycles. The first kappa shape index (κ1) is 22.5. The standard InChI is InChI=1S/C20H26FN3O5S/c1-19(2,3)29-18(25)22-17-23-20(9-8-16(27-4)14(20)11-30-17)13-10-12(24(26)28-5)6-7-15(13)21/h6-7,10,14,16H,8-9,11H2,1-5H3/p+1/t14?,16-,20+/m0/s1. The minimum absolute atomic E-state index is 0.113. The minimum Gasteiger partial charge on any atom is -0.444 e. The van der Waals surface area contributed by atoms with Gasteiger partial charge in [0.1, 0.15) is 11.4 Å². The number of carbonyl (C=O) groups is 1. The Balaban J connectivity index is 2.03. The molecule has 3 rings (SSSR count). The summed E-state index contributed by atoms with van der Waals surface area (Å²) >= 11 is 1.37. The predicted octanol–water partition coefficient (Wildman–Crippen LogP) is 4.05. The summed E-state index contributed by atoms with van der Waals surface area (Å²) in [7, 11) is 2.87. The fraction of sp³-hybridized carbons (Fsp3) is 0.600. The van der Waals surface area contributed by atoms with Crippen LogP contribution in [-0.4, -0.2) is 47.9 Å². The highest BCUT2D eigenvalue weighted by Gasteiger charge is 2.54. The summed E-state index contributed by atoms with van der Waals surface area (Å²) in [4.78, 5) is 34.0. The highest BCUT2D eigenvalue weighted by molar-refractivity contribution is 8.13. The Morgan fingerprint density at radius 1 is 1.37 bits per heavy atom. The van der Waals surface area contributed by atoms with Crippen molar-refractivity contribution in [1.29, 1.82) is 0 Å². The zero-order valence-corrected chi connectivity index (χ0v) is 18.5. The number of fused-ring (bicyclic) bond motifs is 1. The Morgan fingerprint density at radius 2 is 2.10 bits per heavy atom. The van der Waals surface area contributed by atoms with E-state index < -0.39 is 23.1 Å². The number of amidine groups is 1. The molecule has 10 heteroatoms. The molecule has 8 nitrogen and oxygen atoms in total. The number of methoxy groups -OCH3 is 1. The normalized spacial score (nSPS) is 25.9. The Hall–Kier alpha value is -2.20. The van der Waals surface area contributed by atoms with Gasteiger partial charge < -0.3 is 9.47 Å². The summed E-state index contributed by atoms with van der Waals surface area (Å²) in [6.45, 7) is 5.31. The summed E-state index contributed by atoms with van der Waals surface area (Å²) in [6.07, 6.45) is 0.462. The fourth-order valence-electron chi connectivity index (χ4n) is 4.02. The number of nitrogens with one attached hydrogen (secondary N) is 1. The molecule has 1 unspecified atom stereocenters. The van der Waals surface area contributed by atoms with Gasteiger partial charge in [0.2, 0.25) is 0 Å². The third-order valence-electron chi connectivity index (χ3n) is 5.28. The van der Waals surface area contributed by atoms with Crippen molar-refractivity contribution < 1.29 is 28.4 Å². The molecule has 1 aromatic rings. The summed E-state index contributed by atoms with van der Waals surface area (Å²) in [5.41, 5.74) is -1.17. The maximum Gasteiger partial charge on any atom is 0.413 e. The van der Waals surface area contributed by atoms with Crippen LogP contribution in [0, 0.1) is 16.6 Å². The molecule has 1 aliphatic heterocycles. The van der Waals surface area contributed by atoms with Crippen LogP contribution in [0.5, 0.6) is 0 Å². The maximum absolute atomic E-state index is 15.0. The number of benzene rings is 1. The molecule has 1 N–H and O–H groups in total. The van der Waals surface area contributed by atoms with Gasteiger partial charge in [0.15, 0.2) is 12.3 Å². The molecule has 0 aromatic heterocycles. The molecule has 2 aliphatic rings. The molecule has 1 amide bonds. The van der Waals surface area contributed by atoms with E-state index in [1.165, 1.54) is 37.1 Å². The highest BCUT2D eigenvalue weighted by Crippen LogP contribution is 2.52.